The number of carboxylic acid groups (broad SMARTS) is 1. The molecule has 1 aromatic rings. The number of carboxylic acids is 1. The van der Waals surface area contributed by atoms with E-state index in [2.05, 4.69) is 17.6 Å². The van der Waals surface area contributed by atoms with Crippen LogP contribution in [-0.4, -0.2) is 23.1 Å². The maximum atomic E-state index is 12.0. The Morgan fingerprint density at radius 3 is 2.52 bits per heavy atom. The number of urea groups is 1. The van der Waals surface area contributed by atoms with Crippen LogP contribution in [0.3, 0.4) is 0 Å². The number of hydrogen-bond donors (Lipinski definition) is 3. The van der Waals surface area contributed by atoms with Crippen molar-refractivity contribution in [1.29, 1.82) is 0 Å². The molecule has 21 heavy (non-hydrogen) atoms. The summed E-state index contributed by atoms with van der Waals surface area (Å²) in [6, 6.07) is 6.25. The van der Waals surface area contributed by atoms with Crippen LogP contribution in [0.15, 0.2) is 24.3 Å². The minimum atomic E-state index is -1.000. The van der Waals surface area contributed by atoms with Gasteiger partial charge in [0.25, 0.3) is 0 Å². The Kier molecular flexibility index (Phi) is 7.29. The van der Waals surface area contributed by atoms with E-state index in [0.29, 0.717) is 6.42 Å². The Hall–Kier alpha value is -2.04. The Morgan fingerprint density at radius 1 is 1.19 bits per heavy atom. The first-order valence-corrected chi connectivity index (χ1v) is 7.46. The lowest BCUT2D eigenvalue weighted by atomic mass is 10.1. The van der Waals surface area contributed by atoms with E-state index in [1.54, 1.807) is 0 Å². The van der Waals surface area contributed by atoms with E-state index >= 15 is 0 Å². The average Bonchev–Trinajstić information content (AvgIpc) is 2.45. The summed E-state index contributed by atoms with van der Waals surface area (Å²) >= 11 is 0. The van der Waals surface area contributed by atoms with Gasteiger partial charge in [-0.2, -0.15) is 0 Å². The standard InChI is InChI=1S/C16H24N2O3/c1-3-5-10-14(15(19)20)18-16(21)17-13-11-7-6-9-12(13)8-4-2/h6-7,9,11,14H,3-5,8,10H2,1-2H3,(H,19,20)(H2,17,18,21)/t14-/m0/s1. The van der Waals surface area contributed by atoms with E-state index in [-0.39, 0.29) is 0 Å². The molecule has 1 aromatic carbocycles. The van der Waals surface area contributed by atoms with Crippen LogP contribution in [0.1, 0.15) is 45.1 Å². The largest absolute Gasteiger partial charge is 0.480 e. The van der Waals surface area contributed by atoms with Gasteiger partial charge in [0.15, 0.2) is 0 Å². The second-order valence-corrected chi connectivity index (χ2v) is 5.04. The van der Waals surface area contributed by atoms with E-state index < -0.39 is 18.0 Å². The average molecular weight is 292 g/mol. The molecule has 0 bridgehead atoms. The maximum Gasteiger partial charge on any atom is 0.326 e. The van der Waals surface area contributed by atoms with Gasteiger partial charge in [-0.25, -0.2) is 9.59 Å². The van der Waals surface area contributed by atoms with Crippen molar-refractivity contribution in [3.63, 3.8) is 0 Å². The van der Waals surface area contributed by atoms with Crippen LogP contribution in [0.4, 0.5) is 10.5 Å². The Labute approximate surface area is 125 Å². The fraction of sp³-hybridized carbons (Fsp3) is 0.500. The lowest BCUT2D eigenvalue weighted by Crippen LogP contribution is -2.43. The number of carbonyl (C=O) groups is 2. The van der Waals surface area contributed by atoms with Crippen LogP contribution in [-0.2, 0) is 11.2 Å². The van der Waals surface area contributed by atoms with Crippen molar-refractivity contribution in [3.05, 3.63) is 29.8 Å². The van der Waals surface area contributed by atoms with Gasteiger partial charge >= 0.3 is 12.0 Å². The Morgan fingerprint density at radius 2 is 1.90 bits per heavy atom. The first-order valence-electron chi connectivity index (χ1n) is 7.46. The molecule has 0 heterocycles. The van der Waals surface area contributed by atoms with Gasteiger partial charge in [0.05, 0.1) is 0 Å². The van der Waals surface area contributed by atoms with Crippen LogP contribution in [0.25, 0.3) is 0 Å². The molecule has 0 aromatic heterocycles. The van der Waals surface area contributed by atoms with Crippen LogP contribution < -0.4 is 10.6 Å². The predicted octanol–water partition coefficient (Wildman–Crippen LogP) is 3.40. The van der Waals surface area contributed by atoms with Gasteiger partial charge in [-0.1, -0.05) is 51.3 Å². The van der Waals surface area contributed by atoms with Crippen molar-refractivity contribution in [3.8, 4) is 0 Å². The highest BCUT2D eigenvalue weighted by Gasteiger charge is 2.19. The number of benzene rings is 1. The van der Waals surface area contributed by atoms with Gasteiger partial charge in [0.1, 0.15) is 6.04 Å². The topological polar surface area (TPSA) is 78.4 Å². The molecule has 0 aliphatic rings. The monoisotopic (exact) mass is 292 g/mol. The zero-order valence-electron chi connectivity index (χ0n) is 12.7. The summed E-state index contributed by atoms with van der Waals surface area (Å²) in [5, 5.41) is 14.4. The number of aliphatic carboxylic acids is 1. The van der Waals surface area contributed by atoms with Crippen molar-refractivity contribution in [2.75, 3.05) is 5.32 Å². The van der Waals surface area contributed by atoms with E-state index in [0.717, 1.165) is 36.9 Å². The molecule has 0 saturated carbocycles. The molecule has 0 fully saturated rings. The van der Waals surface area contributed by atoms with Crippen LogP contribution >= 0.6 is 0 Å². The fourth-order valence-corrected chi connectivity index (χ4v) is 2.11. The number of para-hydroxylation sites is 1. The zero-order valence-corrected chi connectivity index (χ0v) is 12.7. The molecule has 3 N–H and O–H groups in total. The first kappa shape index (κ1) is 17.0. The predicted molar refractivity (Wildman–Crippen MR) is 83.5 cm³/mol. The van der Waals surface area contributed by atoms with Crippen LogP contribution in [0, 0.1) is 0 Å². The third-order valence-corrected chi connectivity index (χ3v) is 3.23. The SMILES string of the molecule is CCCC[C@H](NC(=O)Nc1ccccc1CCC)C(=O)O. The number of aryl methyl sites for hydroxylation is 1. The number of amides is 2. The minimum Gasteiger partial charge on any atom is -0.480 e. The highest BCUT2D eigenvalue weighted by molar-refractivity contribution is 5.92. The second kappa shape index (κ2) is 9.00. The molecule has 0 saturated heterocycles. The minimum absolute atomic E-state index is 0.440. The van der Waals surface area contributed by atoms with Gasteiger partial charge in [-0.3, -0.25) is 0 Å². The highest BCUT2D eigenvalue weighted by Crippen LogP contribution is 2.16. The molecular formula is C16H24N2O3. The number of anilines is 1. The molecule has 116 valence electrons. The number of carbonyl (C=O) groups excluding carboxylic acids is 1. The van der Waals surface area contributed by atoms with Crippen LogP contribution in [0.2, 0.25) is 0 Å². The summed E-state index contributed by atoms with van der Waals surface area (Å²) in [6.07, 6.45) is 3.95. The highest BCUT2D eigenvalue weighted by atomic mass is 16.4. The van der Waals surface area contributed by atoms with Crippen molar-refractivity contribution in [2.24, 2.45) is 0 Å². The lowest BCUT2D eigenvalue weighted by molar-refractivity contribution is -0.139. The molecule has 1 atom stereocenters. The van der Waals surface area contributed by atoms with Gasteiger partial charge in [-0.05, 0) is 24.5 Å². The molecule has 5 nitrogen and oxygen atoms in total. The summed E-state index contributed by atoms with van der Waals surface area (Å²) < 4.78 is 0. The number of unbranched alkanes of at least 4 members (excludes halogenated alkanes) is 1. The molecule has 0 aliphatic heterocycles. The van der Waals surface area contributed by atoms with Crippen LogP contribution in [0.5, 0.6) is 0 Å². The molecule has 1 rings (SSSR count). The summed E-state index contributed by atoms with van der Waals surface area (Å²) in [4.78, 5) is 23.1. The molecular weight excluding hydrogens is 268 g/mol. The maximum absolute atomic E-state index is 12.0. The van der Waals surface area contributed by atoms with Crippen molar-refractivity contribution >= 4 is 17.7 Å². The third-order valence-electron chi connectivity index (χ3n) is 3.23. The smallest absolute Gasteiger partial charge is 0.326 e. The van der Waals surface area contributed by atoms with E-state index in [9.17, 15) is 9.59 Å². The van der Waals surface area contributed by atoms with Crippen molar-refractivity contribution < 1.29 is 14.7 Å². The van der Waals surface area contributed by atoms with Crippen molar-refractivity contribution in [2.45, 2.75) is 52.0 Å². The Balaban J connectivity index is 2.65. The summed E-state index contributed by atoms with van der Waals surface area (Å²) in [7, 11) is 0. The Bertz CT molecular complexity index is 474. The van der Waals surface area contributed by atoms with Gasteiger partial charge in [0, 0.05) is 5.69 Å². The van der Waals surface area contributed by atoms with E-state index in [1.807, 2.05) is 31.2 Å². The lowest BCUT2D eigenvalue weighted by Gasteiger charge is -2.16. The normalized spacial score (nSPS) is 11.7. The second-order valence-electron chi connectivity index (χ2n) is 5.04. The zero-order chi connectivity index (χ0) is 15.7. The fourth-order valence-electron chi connectivity index (χ4n) is 2.11. The summed E-state index contributed by atoms with van der Waals surface area (Å²) in [6.45, 7) is 4.06. The first-order chi connectivity index (χ1) is 10.1. The van der Waals surface area contributed by atoms with Gasteiger partial charge in [-0.15, -0.1) is 0 Å². The van der Waals surface area contributed by atoms with Gasteiger partial charge in [0.2, 0.25) is 0 Å². The van der Waals surface area contributed by atoms with Crippen molar-refractivity contribution in [1.82, 2.24) is 5.32 Å². The molecule has 0 spiro atoms. The number of nitrogens with one attached hydrogen (secondary N) is 2. The summed E-state index contributed by atoms with van der Waals surface area (Å²) in [5.41, 5.74) is 1.78. The third kappa shape index (κ3) is 5.85. The van der Waals surface area contributed by atoms with Gasteiger partial charge < -0.3 is 15.7 Å². The van der Waals surface area contributed by atoms with E-state index in [4.69, 9.17) is 5.11 Å². The molecule has 0 radical (unpaired) electrons. The number of rotatable bonds is 8. The molecule has 0 unspecified atom stereocenters. The summed E-state index contributed by atoms with van der Waals surface area (Å²) in [5.74, 6) is -1.000. The number of hydrogen-bond acceptors (Lipinski definition) is 2. The quantitative estimate of drug-likeness (QED) is 0.687. The molecule has 0 aliphatic carbocycles. The molecule has 5 heteroatoms. The van der Waals surface area contributed by atoms with E-state index in [1.165, 1.54) is 0 Å². The molecule has 2 amide bonds.